The first kappa shape index (κ1) is 16.8. The minimum atomic E-state index is -3.90. The molecule has 0 saturated heterocycles. The third-order valence-electron chi connectivity index (χ3n) is 3.68. The molecule has 1 aliphatic rings. The van der Waals surface area contributed by atoms with Gasteiger partial charge < -0.3 is 5.32 Å². The van der Waals surface area contributed by atoms with Crippen LogP contribution in [0.1, 0.15) is 12.8 Å². The largest absolute Gasteiger partial charge is 0.352 e. The van der Waals surface area contributed by atoms with Crippen LogP contribution in [0.5, 0.6) is 0 Å². The summed E-state index contributed by atoms with van der Waals surface area (Å²) < 4.78 is 27.1. The molecule has 5 nitrogen and oxygen atoms in total. The summed E-state index contributed by atoms with van der Waals surface area (Å²) in [5, 5.41) is 3.08. The molecule has 1 fully saturated rings. The van der Waals surface area contributed by atoms with E-state index in [4.69, 9.17) is 11.6 Å². The number of hydrogen-bond acceptors (Lipinski definition) is 3. The lowest BCUT2D eigenvalue weighted by atomic mass is 10.3. The first-order valence-corrected chi connectivity index (χ1v) is 9.42. The van der Waals surface area contributed by atoms with Crippen molar-refractivity contribution in [3.63, 3.8) is 0 Å². The lowest BCUT2D eigenvalue weighted by molar-refractivity contribution is -0.119. The van der Waals surface area contributed by atoms with Crippen molar-refractivity contribution < 1.29 is 13.2 Å². The van der Waals surface area contributed by atoms with E-state index in [1.54, 1.807) is 42.5 Å². The van der Waals surface area contributed by atoms with Crippen molar-refractivity contribution in [3.05, 3.63) is 59.6 Å². The topological polar surface area (TPSA) is 66.5 Å². The molecule has 0 aliphatic heterocycles. The van der Waals surface area contributed by atoms with Crippen LogP contribution in [0.25, 0.3) is 0 Å². The van der Waals surface area contributed by atoms with Gasteiger partial charge in [0.1, 0.15) is 6.54 Å². The Kier molecular flexibility index (Phi) is 4.78. The van der Waals surface area contributed by atoms with E-state index in [-0.39, 0.29) is 34.1 Å². The molecule has 0 radical (unpaired) electrons. The van der Waals surface area contributed by atoms with Gasteiger partial charge in [-0.05, 0) is 37.1 Å². The summed E-state index contributed by atoms with van der Waals surface area (Å²) in [5.41, 5.74) is 0.286. The maximum absolute atomic E-state index is 13.0. The van der Waals surface area contributed by atoms with Crippen LogP contribution in [-0.2, 0) is 14.8 Å². The van der Waals surface area contributed by atoms with Gasteiger partial charge in [-0.1, -0.05) is 41.9 Å². The quantitative estimate of drug-likeness (QED) is 0.857. The molecule has 0 aromatic heterocycles. The second-order valence-corrected chi connectivity index (χ2v) is 7.89. The lowest BCUT2D eigenvalue weighted by Crippen LogP contribution is -2.41. The number of carbonyl (C=O) groups is 1. The van der Waals surface area contributed by atoms with Crippen molar-refractivity contribution in [3.8, 4) is 0 Å². The molecule has 126 valence electrons. The fourth-order valence-electron chi connectivity index (χ4n) is 2.30. The molecule has 0 atom stereocenters. The van der Waals surface area contributed by atoms with E-state index < -0.39 is 10.0 Å². The minimum absolute atomic E-state index is 0.115. The molecule has 1 aliphatic carbocycles. The fourth-order valence-corrected chi connectivity index (χ4v) is 4.05. The normalized spacial score (nSPS) is 14.2. The van der Waals surface area contributed by atoms with Crippen LogP contribution in [0, 0.1) is 0 Å². The van der Waals surface area contributed by atoms with Gasteiger partial charge in [-0.2, -0.15) is 0 Å². The number of nitrogens with zero attached hydrogens (tertiary/aromatic N) is 1. The van der Waals surface area contributed by atoms with Crippen LogP contribution >= 0.6 is 11.6 Å². The molecule has 1 saturated carbocycles. The summed E-state index contributed by atoms with van der Waals surface area (Å²) in [5.74, 6) is -0.336. The lowest BCUT2D eigenvalue weighted by Gasteiger charge is -2.25. The number of carbonyl (C=O) groups excluding carboxylic acids is 1. The molecule has 0 spiro atoms. The van der Waals surface area contributed by atoms with Gasteiger partial charge in [-0.15, -0.1) is 0 Å². The maximum atomic E-state index is 13.0. The average Bonchev–Trinajstić information content (AvgIpc) is 3.38. The Labute approximate surface area is 146 Å². The van der Waals surface area contributed by atoms with Gasteiger partial charge in [0.15, 0.2) is 0 Å². The van der Waals surface area contributed by atoms with Crippen LogP contribution in [0.2, 0.25) is 5.02 Å². The van der Waals surface area contributed by atoms with E-state index in [1.807, 2.05) is 0 Å². The van der Waals surface area contributed by atoms with Crippen LogP contribution in [0.3, 0.4) is 0 Å². The first-order valence-electron chi connectivity index (χ1n) is 7.60. The van der Waals surface area contributed by atoms with Gasteiger partial charge in [-0.3, -0.25) is 9.10 Å². The van der Waals surface area contributed by atoms with Crippen molar-refractivity contribution in [2.45, 2.75) is 23.8 Å². The zero-order valence-electron chi connectivity index (χ0n) is 12.9. The van der Waals surface area contributed by atoms with Gasteiger partial charge >= 0.3 is 0 Å². The monoisotopic (exact) mass is 364 g/mol. The van der Waals surface area contributed by atoms with Gasteiger partial charge in [0.25, 0.3) is 10.0 Å². The number of halogens is 1. The smallest absolute Gasteiger partial charge is 0.264 e. The molecule has 1 N–H and O–H groups in total. The van der Waals surface area contributed by atoms with E-state index in [9.17, 15) is 13.2 Å². The molecule has 2 aromatic carbocycles. The van der Waals surface area contributed by atoms with E-state index in [1.165, 1.54) is 12.1 Å². The Morgan fingerprint density at radius 1 is 1.08 bits per heavy atom. The van der Waals surface area contributed by atoms with Gasteiger partial charge in [-0.25, -0.2) is 8.42 Å². The standard InChI is InChI=1S/C17H17ClN2O3S/c18-15-8-4-5-9-16(15)20(12-17(21)19-13-10-11-13)24(22,23)14-6-2-1-3-7-14/h1-9,13H,10-12H2,(H,19,21). The highest BCUT2D eigenvalue weighted by atomic mass is 35.5. The van der Waals surface area contributed by atoms with Crippen molar-refractivity contribution in [1.29, 1.82) is 0 Å². The number of benzene rings is 2. The summed E-state index contributed by atoms with van der Waals surface area (Å²) in [6.45, 7) is -0.308. The maximum Gasteiger partial charge on any atom is 0.264 e. The molecule has 0 bridgehead atoms. The summed E-state index contributed by atoms with van der Waals surface area (Å²) in [6.07, 6.45) is 1.87. The number of sulfonamides is 1. The predicted molar refractivity (Wildman–Crippen MR) is 93.6 cm³/mol. The second kappa shape index (κ2) is 6.83. The molecular formula is C17H17ClN2O3S. The molecule has 1 amide bonds. The zero-order valence-corrected chi connectivity index (χ0v) is 14.4. The number of para-hydroxylation sites is 1. The van der Waals surface area contributed by atoms with Crippen LogP contribution < -0.4 is 9.62 Å². The summed E-state index contributed by atoms with van der Waals surface area (Å²) >= 11 is 6.18. The third-order valence-corrected chi connectivity index (χ3v) is 5.78. The highest BCUT2D eigenvalue weighted by molar-refractivity contribution is 7.92. The Morgan fingerprint density at radius 3 is 2.33 bits per heavy atom. The second-order valence-electron chi connectivity index (χ2n) is 5.62. The Hall–Kier alpha value is -2.05. The predicted octanol–water partition coefficient (Wildman–Crippen LogP) is 2.81. The van der Waals surface area contributed by atoms with Crippen molar-refractivity contribution >= 4 is 33.2 Å². The molecule has 3 rings (SSSR count). The Morgan fingerprint density at radius 2 is 1.71 bits per heavy atom. The van der Waals surface area contributed by atoms with E-state index in [0.717, 1.165) is 17.1 Å². The summed E-state index contributed by atoms with van der Waals surface area (Å²) in [6, 6.07) is 14.8. The number of nitrogens with one attached hydrogen (secondary N) is 1. The van der Waals surface area contributed by atoms with Crippen molar-refractivity contribution in [2.24, 2.45) is 0 Å². The van der Waals surface area contributed by atoms with Gasteiger partial charge in [0, 0.05) is 6.04 Å². The Bertz CT molecular complexity index is 836. The van der Waals surface area contributed by atoms with Crippen molar-refractivity contribution in [1.82, 2.24) is 5.32 Å². The minimum Gasteiger partial charge on any atom is -0.352 e. The average molecular weight is 365 g/mol. The molecule has 2 aromatic rings. The molecule has 0 unspecified atom stereocenters. The van der Waals surface area contributed by atoms with E-state index >= 15 is 0 Å². The van der Waals surface area contributed by atoms with Crippen LogP contribution in [-0.4, -0.2) is 26.9 Å². The summed E-state index contributed by atoms with van der Waals surface area (Å²) in [7, 11) is -3.90. The number of amides is 1. The van der Waals surface area contributed by atoms with Crippen LogP contribution in [0.15, 0.2) is 59.5 Å². The van der Waals surface area contributed by atoms with Crippen molar-refractivity contribution in [2.75, 3.05) is 10.8 Å². The number of anilines is 1. The zero-order chi connectivity index (χ0) is 17.2. The third kappa shape index (κ3) is 3.71. The van der Waals surface area contributed by atoms with E-state index in [2.05, 4.69) is 5.32 Å². The SMILES string of the molecule is O=C(CN(c1ccccc1Cl)S(=O)(=O)c1ccccc1)NC1CC1. The van der Waals surface area contributed by atoms with Gasteiger partial charge in [0.05, 0.1) is 15.6 Å². The van der Waals surface area contributed by atoms with E-state index in [0.29, 0.717) is 0 Å². The number of hydrogen-bond donors (Lipinski definition) is 1. The van der Waals surface area contributed by atoms with Gasteiger partial charge in [0.2, 0.25) is 5.91 Å². The molecule has 0 heterocycles. The first-order chi connectivity index (χ1) is 11.5. The number of rotatable bonds is 6. The molecule has 7 heteroatoms. The summed E-state index contributed by atoms with van der Waals surface area (Å²) in [4.78, 5) is 12.3. The highest BCUT2D eigenvalue weighted by Crippen LogP contribution is 2.30. The molecule has 24 heavy (non-hydrogen) atoms. The molecular weight excluding hydrogens is 348 g/mol. The fraction of sp³-hybridized carbons (Fsp3) is 0.235. The van der Waals surface area contributed by atoms with Crippen LogP contribution in [0.4, 0.5) is 5.69 Å². The highest BCUT2D eigenvalue weighted by Gasteiger charge is 2.30. The Balaban J connectivity index is 1.98.